The molecule has 0 radical (unpaired) electrons. The van der Waals surface area contributed by atoms with Gasteiger partial charge in [-0.2, -0.15) is 0 Å². The molecule has 0 saturated carbocycles. The normalized spacial score (nSPS) is 12.2. The summed E-state index contributed by atoms with van der Waals surface area (Å²) in [6.07, 6.45) is 2.15. The minimum absolute atomic E-state index is 0.417. The number of aryl methyl sites for hydroxylation is 1. The van der Waals surface area contributed by atoms with Crippen LogP contribution in [0, 0.1) is 0 Å². The molecule has 1 N–H and O–H groups in total. The maximum absolute atomic E-state index is 6.15. The fourth-order valence-corrected chi connectivity index (χ4v) is 3.02. The molecule has 0 heterocycles. The summed E-state index contributed by atoms with van der Waals surface area (Å²) in [5, 5.41) is 4.59. The zero-order valence-electron chi connectivity index (χ0n) is 12.9. The Morgan fingerprint density at radius 3 is 2.27 bits per heavy atom. The third kappa shape index (κ3) is 4.91. The minimum Gasteiger partial charge on any atom is -0.494 e. The minimum atomic E-state index is 0.417. The molecule has 0 aliphatic rings. The molecule has 118 valence electrons. The van der Waals surface area contributed by atoms with Gasteiger partial charge in [-0.05, 0) is 43.0 Å². The van der Waals surface area contributed by atoms with Crippen LogP contribution in [0.25, 0.3) is 0 Å². The summed E-state index contributed by atoms with van der Waals surface area (Å²) >= 11 is 12.3. The highest BCUT2D eigenvalue weighted by molar-refractivity contribution is 6.37. The number of hydrogen-bond acceptors (Lipinski definition) is 2. The lowest BCUT2D eigenvalue weighted by molar-refractivity contribution is 0.415. The van der Waals surface area contributed by atoms with E-state index in [4.69, 9.17) is 27.9 Å². The number of hydrogen-bond donors (Lipinski definition) is 1. The van der Waals surface area contributed by atoms with Gasteiger partial charge >= 0.3 is 0 Å². The van der Waals surface area contributed by atoms with Crippen LogP contribution in [-0.2, 0) is 13.0 Å². The molecule has 4 heteroatoms. The average Bonchev–Trinajstić information content (AvgIpc) is 2.52. The summed E-state index contributed by atoms with van der Waals surface area (Å²) in [7, 11) is 1.57. The first-order valence-electron chi connectivity index (χ1n) is 7.39. The van der Waals surface area contributed by atoms with Gasteiger partial charge in [0.1, 0.15) is 0 Å². The van der Waals surface area contributed by atoms with Gasteiger partial charge in [-0.3, -0.25) is 0 Å². The van der Waals surface area contributed by atoms with Crippen molar-refractivity contribution in [2.45, 2.75) is 32.4 Å². The molecule has 1 atom stereocenters. The molecule has 22 heavy (non-hydrogen) atoms. The van der Waals surface area contributed by atoms with Crippen LogP contribution in [-0.4, -0.2) is 13.2 Å². The zero-order valence-corrected chi connectivity index (χ0v) is 14.4. The second-order valence-corrected chi connectivity index (χ2v) is 6.21. The monoisotopic (exact) mass is 337 g/mol. The summed E-state index contributed by atoms with van der Waals surface area (Å²) in [4.78, 5) is 0. The molecule has 0 aromatic heterocycles. The molecular weight excluding hydrogens is 317 g/mol. The van der Waals surface area contributed by atoms with Crippen LogP contribution in [0.15, 0.2) is 42.5 Å². The van der Waals surface area contributed by atoms with E-state index in [1.165, 1.54) is 5.56 Å². The molecule has 0 amide bonds. The van der Waals surface area contributed by atoms with Gasteiger partial charge in [0.05, 0.1) is 17.2 Å². The number of nitrogens with one attached hydrogen (secondary N) is 1. The van der Waals surface area contributed by atoms with Crippen molar-refractivity contribution in [1.82, 2.24) is 5.32 Å². The maximum Gasteiger partial charge on any atom is 0.156 e. The van der Waals surface area contributed by atoms with E-state index in [2.05, 4.69) is 36.5 Å². The Morgan fingerprint density at radius 1 is 1.05 bits per heavy atom. The molecular formula is C18H21Cl2NO. The molecule has 0 aliphatic heterocycles. The molecule has 0 aliphatic carbocycles. The van der Waals surface area contributed by atoms with Gasteiger partial charge in [-0.15, -0.1) is 0 Å². The van der Waals surface area contributed by atoms with Crippen LogP contribution in [0.1, 0.15) is 24.5 Å². The molecule has 2 nitrogen and oxygen atoms in total. The van der Waals surface area contributed by atoms with Crippen molar-refractivity contribution in [3.05, 3.63) is 63.6 Å². The Kier molecular flexibility index (Phi) is 6.56. The van der Waals surface area contributed by atoms with Gasteiger partial charge in [0.15, 0.2) is 5.75 Å². The highest BCUT2D eigenvalue weighted by Gasteiger charge is 2.09. The third-order valence-corrected chi connectivity index (χ3v) is 4.19. The second kappa shape index (κ2) is 8.42. The fourth-order valence-electron chi connectivity index (χ4n) is 2.33. The van der Waals surface area contributed by atoms with E-state index >= 15 is 0 Å². The summed E-state index contributed by atoms with van der Waals surface area (Å²) in [5.74, 6) is 0.532. The van der Waals surface area contributed by atoms with Crippen LogP contribution in [0.4, 0.5) is 0 Å². The number of halogens is 2. The molecule has 0 spiro atoms. The molecule has 0 bridgehead atoms. The van der Waals surface area contributed by atoms with Crippen molar-refractivity contribution in [3.8, 4) is 5.75 Å². The summed E-state index contributed by atoms with van der Waals surface area (Å²) < 4.78 is 5.16. The van der Waals surface area contributed by atoms with E-state index in [1.807, 2.05) is 18.2 Å². The average molecular weight is 338 g/mol. The number of methoxy groups -OCH3 is 1. The fraction of sp³-hybridized carbons (Fsp3) is 0.333. The molecule has 0 fully saturated rings. The Morgan fingerprint density at radius 2 is 1.68 bits per heavy atom. The van der Waals surface area contributed by atoms with Gasteiger partial charge in [-0.25, -0.2) is 0 Å². The largest absolute Gasteiger partial charge is 0.494 e. The van der Waals surface area contributed by atoms with Crippen molar-refractivity contribution in [1.29, 1.82) is 0 Å². The van der Waals surface area contributed by atoms with E-state index in [0.29, 0.717) is 21.8 Å². The summed E-state index contributed by atoms with van der Waals surface area (Å²) in [6.45, 7) is 2.93. The first-order chi connectivity index (χ1) is 10.6. The van der Waals surface area contributed by atoms with Crippen LogP contribution in [0.2, 0.25) is 10.0 Å². The van der Waals surface area contributed by atoms with E-state index < -0.39 is 0 Å². The lowest BCUT2D eigenvalue weighted by Gasteiger charge is -2.15. The van der Waals surface area contributed by atoms with E-state index in [-0.39, 0.29) is 0 Å². The summed E-state index contributed by atoms with van der Waals surface area (Å²) in [6, 6.07) is 14.7. The van der Waals surface area contributed by atoms with Gasteiger partial charge < -0.3 is 10.1 Å². The zero-order chi connectivity index (χ0) is 15.9. The second-order valence-electron chi connectivity index (χ2n) is 5.40. The Bertz CT molecular complexity index is 578. The lowest BCUT2D eigenvalue weighted by atomic mass is 10.1. The van der Waals surface area contributed by atoms with Crippen molar-refractivity contribution in [3.63, 3.8) is 0 Å². The molecule has 1 unspecified atom stereocenters. The SMILES string of the molecule is COc1c(Cl)cc(CNC(C)CCc2ccccc2)cc1Cl. The van der Waals surface area contributed by atoms with Crippen molar-refractivity contribution in [2.75, 3.05) is 7.11 Å². The predicted octanol–water partition coefficient (Wildman–Crippen LogP) is 5.11. The molecule has 2 rings (SSSR count). The lowest BCUT2D eigenvalue weighted by Crippen LogP contribution is -2.26. The summed E-state index contributed by atoms with van der Waals surface area (Å²) in [5.41, 5.74) is 2.43. The van der Waals surface area contributed by atoms with E-state index in [0.717, 1.165) is 24.9 Å². The smallest absolute Gasteiger partial charge is 0.156 e. The standard InChI is InChI=1S/C18H21Cl2NO/c1-13(8-9-14-6-4-3-5-7-14)21-12-15-10-16(19)18(22-2)17(20)11-15/h3-7,10-11,13,21H,8-9,12H2,1-2H3. The van der Waals surface area contributed by atoms with Crippen molar-refractivity contribution >= 4 is 23.2 Å². The Balaban J connectivity index is 1.85. The first kappa shape index (κ1) is 17.1. The van der Waals surface area contributed by atoms with Crippen LogP contribution >= 0.6 is 23.2 Å². The van der Waals surface area contributed by atoms with Gasteiger partial charge in [-0.1, -0.05) is 53.5 Å². The number of rotatable bonds is 7. The Labute approximate surface area is 142 Å². The van der Waals surface area contributed by atoms with E-state index in [1.54, 1.807) is 7.11 Å². The third-order valence-electron chi connectivity index (χ3n) is 3.63. The van der Waals surface area contributed by atoms with Crippen molar-refractivity contribution in [2.24, 2.45) is 0 Å². The molecule has 0 saturated heterocycles. The highest BCUT2D eigenvalue weighted by atomic mass is 35.5. The topological polar surface area (TPSA) is 21.3 Å². The quantitative estimate of drug-likeness (QED) is 0.757. The first-order valence-corrected chi connectivity index (χ1v) is 8.15. The number of benzene rings is 2. The maximum atomic E-state index is 6.15. The van der Waals surface area contributed by atoms with Gasteiger partial charge in [0.2, 0.25) is 0 Å². The Hall–Kier alpha value is -1.22. The van der Waals surface area contributed by atoms with Crippen molar-refractivity contribution < 1.29 is 4.74 Å². The van der Waals surface area contributed by atoms with Gasteiger partial charge in [0.25, 0.3) is 0 Å². The predicted molar refractivity (Wildman–Crippen MR) is 94.1 cm³/mol. The van der Waals surface area contributed by atoms with Gasteiger partial charge in [0, 0.05) is 12.6 Å². The molecule has 2 aromatic rings. The highest BCUT2D eigenvalue weighted by Crippen LogP contribution is 2.33. The van der Waals surface area contributed by atoms with Crippen LogP contribution < -0.4 is 10.1 Å². The number of ether oxygens (including phenoxy) is 1. The van der Waals surface area contributed by atoms with Crippen LogP contribution in [0.5, 0.6) is 5.75 Å². The molecule has 2 aromatic carbocycles. The van der Waals surface area contributed by atoms with E-state index in [9.17, 15) is 0 Å². The van der Waals surface area contributed by atoms with Crippen LogP contribution in [0.3, 0.4) is 0 Å².